The molecule has 1 aliphatic heterocycles. The van der Waals surface area contributed by atoms with Crippen molar-refractivity contribution in [3.8, 4) is 0 Å². The molecule has 2 amide bonds. The van der Waals surface area contributed by atoms with Gasteiger partial charge in [-0.05, 0) is 31.5 Å². The first-order valence-corrected chi connectivity index (χ1v) is 6.97. The zero-order valence-electron chi connectivity index (χ0n) is 11.8. The highest BCUT2D eigenvalue weighted by Crippen LogP contribution is 2.15. The summed E-state index contributed by atoms with van der Waals surface area (Å²) in [6, 6.07) is 3.83. The molecule has 2 heterocycles. The Hall–Kier alpha value is -1.66. The smallest absolute Gasteiger partial charge is 0.319 e. The number of hydrogen-bond donors (Lipinski definition) is 2. The Morgan fingerprint density at radius 3 is 3.25 bits per heavy atom. The highest BCUT2D eigenvalue weighted by molar-refractivity contribution is 5.88. The van der Waals surface area contributed by atoms with Crippen LogP contribution in [-0.2, 0) is 4.74 Å². The second-order valence-electron chi connectivity index (χ2n) is 4.90. The van der Waals surface area contributed by atoms with Gasteiger partial charge in [0.1, 0.15) is 0 Å². The Bertz CT molecular complexity index is 413. The van der Waals surface area contributed by atoms with Crippen molar-refractivity contribution in [3.05, 3.63) is 24.5 Å². The van der Waals surface area contributed by atoms with Crippen molar-refractivity contribution in [2.75, 3.05) is 38.7 Å². The zero-order chi connectivity index (χ0) is 14.2. The summed E-state index contributed by atoms with van der Waals surface area (Å²) >= 11 is 0. The highest BCUT2D eigenvalue weighted by atomic mass is 16.5. The lowest BCUT2D eigenvalue weighted by Crippen LogP contribution is -2.42. The molecule has 0 spiro atoms. The topological polar surface area (TPSA) is 66.5 Å². The number of likely N-dealkylation sites (tertiary alicyclic amines) is 1. The lowest BCUT2D eigenvalue weighted by atomic mass is 10.2. The van der Waals surface area contributed by atoms with E-state index in [1.165, 1.54) is 6.42 Å². The van der Waals surface area contributed by atoms with Gasteiger partial charge in [-0.2, -0.15) is 0 Å². The van der Waals surface area contributed by atoms with Gasteiger partial charge < -0.3 is 15.4 Å². The van der Waals surface area contributed by atoms with Crippen LogP contribution in [0, 0.1) is 0 Å². The first kappa shape index (κ1) is 14.7. The molecular weight excluding hydrogens is 256 g/mol. The molecule has 1 aliphatic rings. The van der Waals surface area contributed by atoms with E-state index in [0.717, 1.165) is 26.1 Å². The summed E-state index contributed by atoms with van der Waals surface area (Å²) in [5.74, 6) is 0. The minimum atomic E-state index is -0.184. The number of rotatable bonds is 6. The van der Waals surface area contributed by atoms with Gasteiger partial charge in [0.2, 0.25) is 0 Å². The normalized spacial score (nSPS) is 18.9. The average Bonchev–Trinajstić information content (AvgIpc) is 2.91. The van der Waals surface area contributed by atoms with Crippen molar-refractivity contribution in [1.29, 1.82) is 0 Å². The van der Waals surface area contributed by atoms with Crippen molar-refractivity contribution in [1.82, 2.24) is 15.2 Å². The van der Waals surface area contributed by atoms with Gasteiger partial charge in [0.15, 0.2) is 0 Å². The van der Waals surface area contributed by atoms with Crippen LogP contribution in [0.2, 0.25) is 0 Å². The largest absolute Gasteiger partial charge is 0.383 e. The molecule has 0 aliphatic carbocycles. The summed E-state index contributed by atoms with van der Waals surface area (Å²) in [6.07, 6.45) is 5.60. The number of aromatic nitrogens is 1. The fraction of sp³-hybridized carbons (Fsp3) is 0.571. The molecule has 1 aromatic heterocycles. The monoisotopic (exact) mass is 278 g/mol. The Labute approximate surface area is 119 Å². The molecule has 1 saturated heterocycles. The molecule has 2 N–H and O–H groups in total. The molecule has 1 atom stereocenters. The van der Waals surface area contributed by atoms with Crippen LogP contribution >= 0.6 is 0 Å². The molecule has 0 unspecified atom stereocenters. The van der Waals surface area contributed by atoms with E-state index < -0.39 is 0 Å². The van der Waals surface area contributed by atoms with Crippen LogP contribution in [0.25, 0.3) is 0 Å². The van der Waals surface area contributed by atoms with Crippen LogP contribution in [0.1, 0.15) is 12.8 Å². The molecule has 0 saturated carbocycles. The van der Waals surface area contributed by atoms with Crippen LogP contribution < -0.4 is 10.6 Å². The molecular formula is C14H22N4O2. The molecule has 1 aromatic rings. The van der Waals surface area contributed by atoms with Gasteiger partial charge in [0.25, 0.3) is 0 Å². The van der Waals surface area contributed by atoms with E-state index in [2.05, 4.69) is 20.5 Å². The maximum atomic E-state index is 11.8. The number of nitrogens with one attached hydrogen (secondary N) is 2. The minimum Gasteiger partial charge on any atom is -0.383 e. The van der Waals surface area contributed by atoms with Crippen LogP contribution in [0.4, 0.5) is 10.5 Å². The maximum absolute atomic E-state index is 11.8. The summed E-state index contributed by atoms with van der Waals surface area (Å²) < 4.78 is 5.11. The lowest BCUT2D eigenvalue weighted by molar-refractivity contribution is 0.140. The molecule has 6 nitrogen and oxygen atoms in total. The lowest BCUT2D eigenvalue weighted by Gasteiger charge is -2.24. The number of ether oxygens (including phenoxy) is 1. The van der Waals surface area contributed by atoms with Crippen molar-refractivity contribution in [3.63, 3.8) is 0 Å². The van der Waals surface area contributed by atoms with E-state index in [-0.39, 0.29) is 6.03 Å². The predicted octanol–water partition coefficient (Wildman–Crippen LogP) is 1.31. The molecule has 2 rings (SSSR count). The number of pyridine rings is 1. The third-order valence-electron chi connectivity index (χ3n) is 3.50. The molecule has 20 heavy (non-hydrogen) atoms. The van der Waals surface area contributed by atoms with Gasteiger partial charge in [0, 0.05) is 32.4 Å². The number of urea groups is 1. The molecule has 0 bridgehead atoms. The van der Waals surface area contributed by atoms with Crippen molar-refractivity contribution in [2.24, 2.45) is 0 Å². The number of carbonyl (C=O) groups excluding carboxylic acids is 1. The maximum Gasteiger partial charge on any atom is 0.319 e. The molecule has 1 fully saturated rings. The Morgan fingerprint density at radius 2 is 2.50 bits per heavy atom. The quantitative estimate of drug-likeness (QED) is 0.823. The minimum absolute atomic E-state index is 0.184. The van der Waals surface area contributed by atoms with Gasteiger partial charge in [-0.15, -0.1) is 0 Å². The second-order valence-corrected chi connectivity index (χ2v) is 4.90. The van der Waals surface area contributed by atoms with E-state index in [0.29, 0.717) is 18.3 Å². The summed E-state index contributed by atoms with van der Waals surface area (Å²) in [5, 5.41) is 5.69. The molecule has 6 heteroatoms. The zero-order valence-corrected chi connectivity index (χ0v) is 11.8. The number of anilines is 1. The van der Waals surface area contributed by atoms with Crippen LogP contribution in [0.3, 0.4) is 0 Å². The van der Waals surface area contributed by atoms with Gasteiger partial charge in [0.05, 0.1) is 18.5 Å². The third kappa shape index (κ3) is 4.47. The van der Waals surface area contributed by atoms with E-state index in [9.17, 15) is 4.79 Å². The van der Waals surface area contributed by atoms with E-state index in [1.807, 2.05) is 6.07 Å². The van der Waals surface area contributed by atoms with Crippen molar-refractivity contribution < 1.29 is 9.53 Å². The Kier molecular flexibility index (Phi) is 5.76. The number of carbonyl (C=O) groups is 1. The molecule has 0 radical (unpaired) electrons. The van der Waals surface area contributed by atoms with Gasteiger partial charge in [-0.25, -0.2) is 4.79 Å². The van der Waals surface area contributed by atoms with Gasteiger partial charge in [-0.3, -0.25) is 9.88 Å². The number of nitrogens with zero attached hydrogens (tertiary/aromatic N) is 2. The Morgan fingerprint density at radius 1 is 1.60 bits per heavy atom. The summed E-state index contributed by atoms with van der Waals surface area (Å²) in [6.45, 7) is 3.40. The van der Waals surface area contributed by atoms with E-state index >= 15 is 0 Å². The number of amides is 2. The van der Waals surface area contributed by atoms with Crippen LogP contribution in [0.5, 0.6) is 0 Å². The average molecular weight is 278 g/mol. The van der Waals surface area contributed by atoms with E-state index in [1.54, 1.807) is 25.6 Å². The third-order valence-corrected chi connectivity index (χ3v) is 3.50. The van der Waals surface area contributed by atoms with Crippen LogP contribution in [-0.4, -0.2) is 55.3 Å². The van der Waals surface area contributed by atoms with Crippen molar-refractivity contribution >= 4 is 11.7 Å². The summed E-state index contributed by atoms with van der Waals surface area (Å²) in [5.41, 5.74) is 0.702. The molecule has 0 aromatic carbocycles. The van der Waals surface area contributed by atoms with E-state index in [4.69, 9.17) is 4.74 Å². The predicted molar refractivity (Wildman–Crippen MR) is 77.7 cm³/mol. The standard InChI is InChI=1S/C14H22N4O2/c1-20-9-8-18-7-3-5-13(18)11-16-14(19)17-12-4-2-6-15-10-12/h2,4,6,10,13H,3,5,7-9,11H2,1H3,(H2,16,17,19)/t13-/m1/s1. The first-order valence-electron chi connectivity index (χ1n) is 6.97. The highest BCUT2D eigenvalue weighted by Gasteiger charge is 2.24. The fourth-order valence-corrected chi connectivity index (χ4v) is 2.45. The van der Waals surface area contributed by atoms with Crippen molar-refractivity contribution in [2.45, 2.75) is 18.9 Å². The first-order chi connectivity index (χ1) is 9.79. The fourth-order valence-electron chi connectivity index (χ4n) is 2.45. The summed E-state index contributed by atoms with van der Waals surface area (Å²) in [4.78, 5) is 18.1. The molecule has 110 valence electrons. The Balaban J connectivity index is 1.72. The van der Waals surface area contributed by atoms with Crippen LogP contribution in [0.15, 0.2) is 24.5 Å². The van der Waals surface area contributed by atoms with Gasteiger partial charge in [-0.1, -0.05) is 0 Å². The summed E-state index contributed by atoms with van der Waals surface area (Å²) in [7, 11) is 1.71. The number of hydrogen-bond acceptors (Lipinski definition) is 4. The second kappa shape index (κ2) is 7.81. The SMILES string of the molecule is COCCN1CCC[C@@H]1CNC(=O)Nc1cccnc1. The van der Waals surface area contributed by atoms with Gasteiger partial charge >= 0.3 is 6.03 Å². The number of methoxy groups -OCH3 is 1.